The predicted molar refractivity (Wildman–Crippen MR) is 96.9 cm³/mol. The van der Waals surface area contributed by atoms with Crippen molar-refractivity contribution in [1.82, 2.24) is 4.90 Å². The number of carbonyl (C=O) groups is 1. The van der Waals surface area contributed by atoms with Gasteiger partial charge >= 0.3 is 0 Å². The Hall–Kier alpha value is -2.55. The minimum atomic E-state index is 0.0777. The second-order valence-electron chi connectivity index (χ2n) is 6.21. The zero-order valence-corrected chi connectivity index (χ0v) is 14.2. The van der Waals surface area contributed by atoms with Crippen molar-refractivity contribution in [3.63, 3.8) is 0 Å². The molecule has 0 bridgehead atoms. The van der Waals surface area contributed by atoms with Crippen molar-refractivity contribution in [2.45, 2.75) is 25.8 Å². The summed E-state index contributed by atoms with van der Waals surface area (Å²) in [4.78, 5) is 14.6. The lowest BCUT2D eigenvalue weighted by atomic mass is 10.0. The summed E-state index contributed by atoms with van der Waals surface area (Å²) in [6.45, 7) is 2.87. The summed E-state index contributed by atoms with van der Waals surface area (Å²) < 4.78 is 5.21. The highest BCUT2D eigenvalue weighted by Gasteiger charge is 2.28. The van der Waals surface area contributed by atoms with Gasteiger partial charge in [-0.15, -0.1) is 0 Å². The van der Waals surface area contributed by atoms with Crippen molar-refractivity contribution in [2.24, 2.45) is 0 Å². The molecule has 24 heavy (non-hydrogen) atoms. The summed E-state index contributed by atoms with van der Waals surface area (Å²) in [5.41, 5.74) is 3.44. The molecule has 0 radical (unpaired) electrons. The molecule has 1 aliphatic rings. The van der Waals surface area contributed by atoms with Crippen LogP contribution in [0, 0.1) is 6.92 Å². The molecule has 1 unspecified atom stereocenters. The number of nitrogens with zero attached hydrogens (tertiary/aromatic N) is 1. The second kappa shape index (κ2) is 7.35. The van der Waals surface area contributed by atoms with Crippen molar-refractivity contribution < 1.29 is 9.53 Å². The Balaban J connectivity index is 1.71. The van der Waals surface area contributed by atoms with Gasteiger partial charge in [0.15, 0.2) is 0 Å². The highest BCUT2D eigenvalue weighted by molar-refractivity contribution is 5.92. The van der Waals surface area contributed by atoms with Gasteiger partial charge in [0.1, 0.15) is 5.75 Å². The molecule has 3 nitrogen and oxygen atoms in total. The van der Waals surface area contributed by atoms with Crippen LogP contribution in [0.4, 0.5) is 0 Å². The van der Waals surface area contributed by atoms with Crippen molar-refractivity contribution >= 4 is 12.0 Å². The third kappa shape index (κ3) is 3.67. The molecule has 0 saturated carbocycles. The highest BCUT2D eigenvalue weighted by atomic mass is 16.5. The first-order chi connectivity index (χ1) is 11.7. The molecule has 0 aliphatic carbocycles. The summed E-state index contributed by atoms with van der Waals surface area (Å²) in [6, 6.07) is 16.4. The van der Waals surface area contributed by atoms with Crippen LogP contribution in [0.2, 0.25) is 0 Å². The lowest BCUT2D eigenvalue weighted by Crippen LogP contribution is -2.28. The van der Waals surface area contributed by atoms with E-state index in [1.54, 1.807) is 13.2 Å². The zero-order valence-electron chi connectivity index (χ0n) is 14.2. The van der Waals surface area contributed by atoms with Gasteiger partial charge < -0.3 is 9.64 Å². The molecule has 1 fully saturated rings. The van der Waals surface area contributed by atoms with Gasteiger partial charge in [-0.05, 0) is 49.1 Å². The zero-order chi connectivity index (χ0) is 16.9. The third-order valence-electron chi connectivity index (χ3n) is 4.53. The average Bonchev–Trinajstić information content (AvgIpc) is 3.11. The molecule has 2 aromatic carbocycles. The number of benzene rings is 2. The van der Waals surface area contributed by atoms with E-state index in [1.165, 1.54) is 11.1 Å². The van der Waals surface area contributed by atoms with Gasteiger partial charge in [0.2, 0.25) is 5.91 Å². The molecular formula is C21H23NO2. The van der Waals surface area contributed by atoms with Crippen molar-refractivity contribution in [1.29, 1.82) is 0 Å². The number of hydrogen-bond acceptors (Lipinski definition) is 2. The summed E-state index contributed by atoms with van der Waals surface area (Å²) in [7, 11) is 1.66. The Kier molecular flexibility index (Phi) is 4.99. The summed E-state index contributed by atoms with van der Waals surface area (Å²) >= 11 is 0. The summed E-state index contributed by atoms with van der Waals surface area (Å²) in [5.74, 6) is 0.919. The fourth-order valence-electron chi connectivity index (χ4n) is 3.14. The average molecular weight is 321 g/mol. The Labute approximate surface area is 143 Å². The maximum absolute atomic E-state index is 12.6. The molecule has 1 aliphatic heterocycles. The Morgan fingerprint density at radius 3 is 2.50 bits per heavy atom. The van der Waals surface area contributed by atoms with Gasteiger partial charge in [-0.1, -0.05) is 42.0 Å². The lowest BCUT2D eigenvalue weighted by Gasteiger charge is -2.24. The molecule has 3 heteroatoms. The minimum absolute atomic E-state index is 0.0777. The van der Waals surface area contributed by atoms with E-state index >= 15 is 0 Å². The van der Waals surface area contributed by atoms with Crippen molar-refractivity contribution in [2.75, 3.05) is 13.7 Å². The van der Waals surface area contributed by atoms with Crippen LogP contribution in [-0.2, 0) is 4.79 Å². The lowest BCUT2D eigenvalue weighted by molar-refractivity contribution is -0.126. The van der Waals surface area contributed by atoms with Gasteiger partial charge in [0.25, 0.3) is 0 Å². The molecule has 0 aromatic heterocycles. The molecule has 0 spiro atoms. The van der Waals surface area contributed by atoms with Gasteiger partial charge in [0, 0.05) is 12.6 Å². The fourth-order valence-corrected chi connectivity index (χ4v) is 3.14. The number of rotatable bonds is 4. The van der Waals surface area contributed by atoms with Crippen LogP contribution in [0.1, 0.15) is 35.6 Å². The maximum atomic E-state index is 12.6. The van der Waals surface area contributed by atoms with Crippen LogP contribution in [0.25, 0.3) is 6.08 Å². The topological polar surface area (TPSA) is 29.5 Å². The summed E-state index contributed by atoms with van der Waals surface area (Å²) in [6.07, 6.45) is 5.63. The number of hydrogen-bond donors (Lipinski definition) is 0. The van der Waals surface area contributed by atoms with E-state index in [-0.39, 0.29) is 11.9 Å². The van der Waals surface area contributed by atoms with E-state index in [0.29, 0.717) is 0 Å². The number of ether oxygens (including phenoxy) is 1. The van der Waals surface area contributed by atoms with Gasteiger partial charge in [-0.25, -0.2) is 0 Å². The molecule has 0 N–H and O–H groups in total. The van der Waals surface area contributed by atoms with Crippen LogP contribution in [0.5, 0.6) is 5.75 Å². The van der Waals surface area contributed by atoms with Crippen LogP contribution in [0.15, 0.2) is 54.6 Å². The van der Waals surface area contributed by atoms with E-state index in [0.717, 1.165) is 30.7 Å². The molecule has 2 aromatic rings. The Morgan fingerprint density at radius 2 is 1.83 bits per heavy atom. The van der Waals surface area contributed by atoms with Crippen LogP contribution >= 0.6 is 0 Å². The van der Waals surface area contributed by atoms with E-state index in [1.807, 2.05) is 35.2 Å². The first-order valence-electron chi connectivity index (χ1n) is 8.36. The van der Waals surface area contributed by atoms with E-state index in [9.17, 15) is 4.79 Å². The van der Waals surface area contributed by atoms with E-state index in [2.05, 4.69) is 31.2 Å². The first-order valence-corrected chi connectivity index (χ1v) is 8.36. The highest BCUT2D eigenvalue weighted by Crippen LogP contribution is 2.33. The first kappa shape index (κ1) is 16.3. The van der Waals surface area contributed by atoms with Gasteiger partial charge in [0.05, 0.1) is 13.2 Å². The third-order valence-corrected chi connectivity index (χ3v) is 4.53. The molecule has 1 amide bonds. The SMILES string of the molecule is COc1ccc(C2CCCN2C(=O)/C=C/c2ccc(C)cc2)cc1. The Morgan fingerprint density at radius 1 is 1.12 bits per heavy atom. The molecule has 124 valence electrons. The maximum Gasteiger partial charge on any atom is 0.247 e. The molecule has 3 rings (SSSR count). The van der Waals surface area contributed by atoms with Crippen molar-refractivity contribution in [3.05, 3.63) is 71.3 Å². The van der Waals surface area contributed by atoms with E-state index in [4.69, 9.17) is 4.74 Å². The van der Waals surface area contributed by atoms with Crippen LogP contribution in [-0.4, -0.2) is 24.5 Å². The number of aryl methyl sites for hydroxylation is 1. The second-order valence-corrected chi connectivity index (χ2v) is 6.21. The number of carbonyl (C=O) groups excluding carboxylic acids is 1. The normalized spacial score (nSPS) is 17.4. The van der Waals surface area contributed by atoms with Crippen LogP contribution < -0.4 is 4.74 Å². The van der Waals surface area contributed by atoms with Gasteiger partial charge in [-0.3, -0.25) is 4.79 Å². The van der Waals surface area contributed by atoms with Crippen LogP contribution in [0.3, 0.4) is 0 Å². The standard InChI is InChI=1S/C21H23NO2/c1-16-5-7-17(8-6-16)9-14-21(23)22-15-3-4-20(22)18-10-12-19(24-2)13-11-18/h5-14,20H,3-4,15H2,1-2H3/b14-9+. The largest absolute Gasteiger partial charge is 0.497 e. The number of likely N-dealkylation sites (tertiary alicyclic amines) is 1. The number of methoxy groups -OCH3 is 1. The molecule has 1 atom stereocenters. The van der Waals surface area contributed by atoms with E-state index < -0.39 is 0 Å². The summed E-state index contributed by atoms with van der Waals surface area (Å²) in [5, 5.41) is 0. The van der Waals surface area contributed by atoms with Crippen molar-refractivity contribution in [3.8, 4) is 5.75 Å². The number of amides is 1. The minimum Gasteiger partial charge on any atom is -0.497 e. The van der Waals surface area contributed by atoms with Gasteiger partial charge in [-0.2, -0.15) is 0 Å². The smallest absolute Gasteiger partial charge is 0.247 e. The molecule has 1 saturated heterocycles. The quantitative estimate of drug-likeness (QED) is 0.782. The Bertz CT molecular complexity index is 717. The molecular weight excluding hydrogens is 298 g/mol. The monoisotopic (exact) mass is 321 g/mol. The molecule has 1 heterocycles. The fraction of sp³-hybridized carbons (Fsp3) is 0.286. The predicted octanol–water partition coefficient (Wildman–Crippen LogP) is 4.38.